The number of amides is 1. The first kappa shape index (κ1) is 18.4. The summed E-state index contributed by atoms with van der Waals surface area (Å²) in [7, 11) is -0.425. The highest BCUT2D eigenvalue weighted by atomic mass is 79.9. The Kier molecular flexibility index (Phi) is 6.22. The number of halogens is 1. The van der Waals surface area contributed by atoms with Crippen LogP contribution in [0.15, 0.2) is 33.6 Å². The summed E-state index contributed by atoms with van der Waals surface area (Å²) < 4.78 is 27.0. The third-order valence-corrected chi connectivity index (χ3v) is 6.74. The summed E-state index contributed by atoms with van der Waals surface area (Å²) in [6.45, 7) is -0.134. The molecule has 0 atom stereocenters. The average molecular weight is 403 g/mol. The maximum atomic E-state index is 12.5. The normalized spacial score (nSPS) is 16.5. The molecule has 1 saturated carbocycles. The lowest BCUT2D eigenvalue weighted by molar-refractivity contribution is -0.132. The summed E-state index contributed by atoms with van der Waals surface area (Å²) in [5.41, 5.74) is 0. The third kappa shape index (κ3) is 4.55. The van der Waals surface area contributed by atoms with Gasteiger partial charge in [0.05, 0.1) is 11.4 Å². The summed E-state index contributed by atoms with van der Waals surface area (Å²) in [5, 5.41) is 0. The van der Waals surface area contributed by atoms with Crippen molar-refractivity contribution in [3.8, 4) is 0 Å². The van der Waals surface area contributed by atoms with E-state index in [-0.39, 0.29) is 23.4 Å². The number of carbonyl (C=O) groups excluding carboxylic acids is 1. The van der Waals surface area contributed by atoms with E-state index in [0.29, 0.717) is 0 Å². The number of rotatable bonds is 5. The van der Waals surface area contributed by atoms with E-state index in [2.05, 4.69) is 15.9 Å². The molecule has 0 unspecified atom stereocenters. The molecule has 23 heavy (non-hydrogen) atoms. The van der Waals surface area contributed by atoms with Crippen LogP contribution in [0.25, 0.3) is 0 Å². The number of hydrogen-bond acceptors (Lipinski definition) is 3. The van der Waals surface area contributed by atoms with Crippen LogP contribution in [0.1, 0.15) is 32.1 Å². The highest BCUT2D eigenvalue weighted by molar-refractivity contribution is 9.10. The van der Waals surface area contributed by atoms with E-state index < -0.39 is 10.0 Å². The van der Waals surface area contributed by atoms with Gasteiger partial charge in [0.25, 0.3) is 0 Å². The summed E-state index contributed by atoms with van der Waals surface area (Å²) in [4.78, 5) is 14.3. The Morgan fingerprint density at radius 3 is 2.26 bits per heavy atom. The van der Waals surface area contributed by atoms with Crippen LogP contribution >= 0.6 is 15.9 Å². The lowest BCUT2D eigenvalue weighted by Gasteiger charge is -2.32. The van der Waals surface area contributed by atoms with Crippen molar-refractivity contribution in [3.63, 3.8) is 0 Å². The Morgan fingerprint density at radius 2 is 1.70 bits per heavy atom. The molecule has 0 heterocycles. The molecule has 1 aliphatic carbocycles. The second kappa shape index (κ2) is 7.77. The van der Waals surface area contributed by atoms with Crippen LogP contribution in [0.5, 0.6) is 0 Å². The molecule has 128 valence electrons. The fourth-order valence-electron chi connectivity index (χ4n) is 2.85. The van der Waals surface area contributed by atoms with Crippen molar-refractivity contribution in [1.82, 2.24) is 9.21 Å². The van der Waals surface area contributed by atoms with Crippen LogP contribution in [0.3, 0.4) is 0 Å². The molecule has 0 bridgehead atoms. The summed E-state index contributed by atoms with van der Waals surface area (Å²) in [6, 6.07) is 6.66. The molecule has 0 aliphatic heterocycles. The Bertz CT molecular complexity index is 640. The van der Waals surface area contributed by atoms with Crippen LogP contribution in [0.2, 0.25) is 0 Å². The van der Waals surface area contributed by atoms with Gasteiger partial charge in [-0.2, -0.15) is 4.31 Å². The van der Waals surface area contributed by atoms with Crippen molar-refractivity contribution in [1.29, 1.82) is 0 Å². The molecule has 1 amide bonds. The van der Waals surface area contributed by atoms with Gasteiger partial charge in [0.15, 0.2) is 0 Å². The van der Waals surface area contributed by atoms with Gasteiger partial charge in [-0.15, -0.1) is 0 Å². The number of benzene rings is 1. The largest absolute Gasteiger partial charge is 0.342 e. The second-order valence-electron chi connectivity index (χ2n) is 6.01. The Morgan fingerprint density at radius 1 is 1.13 bits per heavy atom. The van der Waals surface area contributed by atoms with Crippen LogP contribution in [-0.4, -0.2) is 50.2 Å². The van der Waals surface area contributed by atoms with E-state index >= 15 is 0 Å². The summed E-state index contributed by atoms with van der Waals surface area (Å²) in [5.74, 6) is -0.153. The van der Waals surface area contributed by atoms with Crippen molar-refractivity contribution in [2.45, 2.75) is 43.0 Å². The summed E-state index contributed by atoms with van der Waals surface area (Å²) in [6.07, 6.45) is 5.50. The lowest BCUT2D eigenvalue weighted by atomic mass is 9.94. The topological polar surface area (TPSA) is 57.7 Å². The molecule has 0 N–H and O–H groups in total. The SMILES string of the molecule is CN(C(=O)CN(C)S(=O)(=O)c1ccc(Br)cc1)C1CCCCC1. The molecule has 0 spiro atoms. The van der Waals surface area contributed by atoms with Crippen molar-refractivity contribution in [3.05, 3.63) is 28.7 Å². The smallest absolute Gasteiger partial charge is 0.243 e. The minimum absolute atomic E-state index is 0.134. The first-order valence-corrected chi connectivity index (χ1v) is 10.0. The highest BCUT2D eigenvalue weighted by Gasteiger charge is 2.27. The molecule has 7 heteroatoms. The van der Waals surface area contributed by atoms with E-state index in [1.165, 1.54) is 25.6 Å². The van der Waals surface area contributed by atoms with Crippen molar-refractivity contribution in [2.75, 3.05) is 20.6 Å². The Hall–Kier alpha value is -0.920. The van der Waals surface area contributed by atoms with Gasteiger partial charge in [0.1, 0.15) is 0 Å². The number of carbonyl (C=O) groups is 1. The van der Waals surface area contributed by atoms with Crippen molar-refractivity contribution >= 4 is 31.9 Å². The van der Waals surface area contributed by atoms with Crippen LogP contribution in [-0.2, 0) is 14.8 Å². The molecular formula is C16H23BrN2O3S. The van der Waals surface area contributed by atoms with Crippen LogP contribution < -0.4 is 0 Å². The molecule has 1 aliphatic rings. The molecule has 1 aromatic carbocycles. The second-order valence-corrected chi connectivity index (χ2v) is 8.97. The van der Waals surface area contributed by atoms with E-state index in [0.717, 1.165) is 34.5 Å². The van der Waals surface area contributed by atoms with E-state index in [4.69, 9.17) is 0 Å². The van der Waals surface area contributed by atoms with Gasteiger partial charge < -0.3 is 4.90 Å². The minimum atomic E-state index is -3.65. The quantitative estimate of drug-likeness (QED) is 0.760. The monoisotopic (exact) mass is 402 g/mol. The molecule has 0 aromatic heterocycles. The van der Waals surface area contributed by atoms with Crippen molar-refractivity contribution < 1.29 is 13.2 Å². The minimum Gasteiger partial charge on any atom is -0.342 e. The average Bonchev–Trinajstić information content (AvgIpc) is 2.55. The fraction of sp³-hybridized carbons (Fsp3) is 0.562. The predicted octanol–water partition coefficient (Wildman–Crippen LogP) is 2.86. The van der Waals surface area contributed by atoms with E-state index in [1.807, 2.05) is 0 Å². The standard InChI is InChI=1S/C16H23BrN2O3S/c1-18(23(21,22)15-10-8-13(17)9-11-15)12-16(20)19(2)14-6-4-3-5-7-14/h8-11,14H,3-7,12H2,1-2H3. The Labute approximate surface area is 146 Å². The van der Waals surface area contributed by atoms with Gasteiger partial charge in [0, 0.05) is 24.6 Å². The first-order valence-electron chi connectivity index (χ1n) is 7.80. The number of likely N-dealkylation sites (N-methyl/N-ethyl adjacent to an activating group) is 2. The number of sulfonamides is 1. The summed E-state index contributed by atoms with van der Waals surface area (Å²) >= 11 is 3.28. The fourth-order valence-corrected chi connectivity index (χ4v) is 4.23. The molecule has 0 radical (unpaired) electrons. The molecule has 1 aromatic rings. The number of nitrogens with zero attached hydrogens (tertiary/aromatic N) is 2. The highest BCUT2D eigenvalue weighted by Crippen LogP contribution is 2.22. The van der Waals surface area contributed by atoms with Gasteiger partial charge >= 0.3 is 0 Å². The zero-order valence-corrected chi connectivity index (χ0v) is 15.9. The van der Waals surface area contributed by atoms with E-state index in [1.54, 1.807) is 24.1 Å². The van der Waals surface area contributed by atoms with E-state index in [9.17, 15) is 13.2 Å². The van der Waals surface area contributed by atoms with Gasteiger partial charge in [-0.25, -0.2) is 8.42 Å². The predicted molar refractivity (Wildman–Crippen MR) is 93.6 cm³/mol. The van der Waals surface area contributed by atoms with Crippen LogP contribution in [0, 0.1) is 0 Å². The van der Waals surface area contributed by atoms with Crippen LogP contribution in [0.4, 0.5) is 0 Å². The first-order chi connectivity index (χ1) is 10.8. The zero-order valence-electron chi connectivity index (χ0n) is 13.5. The van der Waals surface area contributed by atoms with Crippen molar-refractivity contribution in [2.24, 2.45) is 0 Å². The lowest BCUT2D eigenvalue weighted by Crippen LogP contribution is -2.44. The van der Waals surface area contributed by atoms with Gasteiger partial charge in [0.2, 0.25) is 15.9 Å². The molecular weight excluding hydrogens is 380 g/mol. The molecule has 0 saturated heterocycles. The van der Waals surface area contributed by atoms with Gasteiger partial charge in [-0.3, -0.25) is 4.79 Å². The molecule has 2 rings (SSSR count). The van der Waals surface area contributed by atoms with Gasteiger partial charge in [-0.05, 0) is 37.1 Å². The zero-order chi connectivity index (χ0) is 17.0. The maximum absolute atomic E-state index is 12.5. The third-order valence-electron chi connectivity index (χ3n) is 4.40. The Balaban J connectivity index is 2.03. The molecule has 5 nitrogen and oxygen atoms in total. The molecule has 1 fully saturated rings. The maximum Gasteiger partial charge on any atom is 0.243 e. The number of hydrogen-bond donors (Lipinski definition) is 0. The van der Waals surface area contributed by atoms with Gasteiger partial charge in [-0.1, -0.05) is 35.2 Å².